The molecule has 1 amide bonds. The van der Waals surface area contributed by atoms with E-state index in [1.807, 2.05) is 0 Å². The van der Waals surface area contributed by atoms with Crippen molar-refractivity contribution in [1.82, 2.24) is 14.9 Å². The van der Waals surface area contributed by atoms with Crippen LogP contribution in [0.3, 0.4) is 0 Å². The van der Waals surface area contributed by atoms with Crippen molar-refractivity contribution in [2.24, 2.45) is 0 Å². The van der Waals surface area contributed by atoms with Gasteiger partial charge in [-0.05, 0) is 37.1 Å². The lowest BCUT2D eigenvalue weighted by atomic mass is 10.1. The predicted octanol–water partition coefficient (Wildman–Crippen LogP) is 3.68. The molecule has 2 atom stereocenters. The van der Waals surface area contributed by atoms with Crippen molar-refractivity contribution in [3.8, 4) is 11.5 Å². The van der Waals surface area contributed by atoms with Crippen LogP contribution in [0.4, 0.5) is 15.9 Å². The molecule has 0 spiro atoms. The van der Waals surface area contributed by atoms with Crippen LogP contribution in [-0.4, -0.2) is 70.0 Å². The molecule has 3 N–H and O–H groups in total. The molecule has 192 valence electrons. The van der Waals surface area contributed by atoms with Crippen molar-refractivity contribution >= 4 is 39.9 Å². The van der Waals surface area contributed by atoms with E-state index in [2.05, 4.69) is 15.3 Å². The standard InChI is InChI=1S/C25H28ClFN4O5/c1-35-22-12-21-18(25(29-14-28-21)30-15-4-5-20(27)19(26)8-15)11-23(22)36-13-17(33)9-16(32)10-24(34)31-6-2-3-7-31/h4-5,8,11-12,14,16-17,32-33H,2-3,6-7,9-10,13H2,1H3,(H,28,29,30)/t16-,17+/m1/s1. The Kier molecular flexibility index (Phi) is 8.40. The Labute approximate surface area is 212 Å². The van der Waals surface area contributed by atoms with Crippen molar-refractivity contribution < 1.29 is 28.9 Å². The van der Waals surface area contributed by atoms with E-state index in [0.717, 1.165) is 12.8 Å². The molecule has 0 unspecified atom stereocenters. The number of ether oxygens (including phenoxy) is 2. The summed E-state index contributed by atoms with van der Waals surface area (Å²) in [5.41, 5.74) is 1.11. The van der Waals surface area contributed by atoms with E-state index < -0.39 is 18.0 Å². The third-order valence-corrected chi connectivity index (χ3v) is 6.24. The van der Waals surface area contributed by atoms with E-state index in [1.165, 1.54) is 31.6 Å². The molecule has 0 saturated carbocycles. The Bertz CT molecular complexity index is 1220. The van der Waals surface area contributed by atoms with Crippen molar-refractivity contribution in [3.05, 3.63) is 47.5 Å². The van der Waals surface area contributed by atoms with E-state index >= 15 is 0 Å². The molecule has 11 heteroatoms. The number of hydrogen-bond acceptors (Lipinski definition) is 8. The van der Waals surface area contributed by atoms with Gasteiger partial charge in [0.15, 0.2) is 11.5 Å². The summed E-state index contributed by atoms with van der Waals surface area (Å²) in [4.78, 5) is 22.5. The number of hydrogen-bond donors (Lipinski definition) is 3. The van der Waals surface area contributed by atoms with Gasteiger partial charge in [-0.1, -0.05) is 11.6 Å². The quantitative estimate of drug-likeness (QED) is 0.372. The number of halogens is 2. The maximum Gasteiger partial charge on any atom is 0.225 e. The van der Waals surface area contributed by atoms with Gasteiger partial charge in [0, 0.05) is 36.7 Å². The Balaban J connectivity index is 1.44. The molecule has 1 aliphatic rings. The van der Waals surface area contributed by atoms with Crippen LogP contribution in [-0.2, 0) is 4.79 Å². The van der Waals surface area contributed by atoms with Crippen molar-refractivity contribution in [1.29, 1.82) is 0 Å². The number of carbonyl (C=O) groups excluding carboxylic acids is 1. The van der Waals surface area contributed by atoms with Gasteiger partial charge in [0.2, 0.25) is 5.91 Å². The third kappa shape index (κ3) is 6.31. The van der Waals surface area contributed by atoms with Crippen LogP contribution >= 0.6 is 11.6 Å². The van der Waals surface area contributed by atoms with E-state index in [1.54, 1.807) is 17.0 Å². The lowest BCUT2D eigenvalue weighted by Crippen LogP contribution is -2.32. The van der Waals surface area contributed by atoms with E-state index in [-0.39, 0.29) is 30.4 Å². The number of nitrogens with zero attached hydrogens (tertiary/aromatic N) is 3. The maximum absolute atomic E-state index is 13.5. The van der Waals surface area contributed by atoms with Gasteiger partial charge in [-0.2, -0.15) is 0 Å². The highest BCUT2D eigenvalue weighted by Crippen LogP contribution is 2.35. The van der Waals surface area contributed by atoms with Crippen LogP contribution in [0, 0.1) is 5.82 Å². The van der Waals surface area contributed by atoms with Crippen molar-refractivity contribution in [2.75, 3.05) is 32.1 Å². The summed E-state index contributed by atoms with van der Waals surface area (Å²) in [6, 6.07) is 7.57. The molecule has 1 saturated heterocycles. The predicted molar refractivity (Wildman–Crippen MR) is 133 cm³/mol. The number of aliphatic hydroxyl groups is 2. The van der Waals surface area contributed by atoms with Crippen LogP contribution < -0.4 is 14.8 Å². The van der Waals surface area contributed by atoms with Gasteiger partial charge in [0.25, 0.3) is 0 Å². The Morgan fingerprint density at radius 3 is 2.67 bits per heavy atom. The average Bonchev–Trinajstić information content (AvgIpc) is 3.40. The highest BCUT2D eigenvalue weighted by molar-refractivity contribution is 6.31. The number of likely N-dealkylation sites (tertiary alicyclic amines) is 1. The molecule has 0 aliphatic carbocycles. The normalized spacial score (nSPS) is 15.1. The first-order chi connectivity index (χ1) is 17.3. The molecule has 1 fully saturated rings. The third-order valence-electron chi connectivity index (χ3n) is 5.95. The van der Waals surface area contributed by atoms with Crippen LogP contribution in [0.2, 0.25) is 5.02 Å². The zero-order chi connectivity index (χ0) is 25.7. The van der Waals surface area contributed by atoms with Gasteiger partial charge in [-0.15, -0.1) is 0 Å². The smallest absolute Gasteiger partial charge is 0.225 e. The van der Waals surface area contributed by atoms with Gasteiger partial charge in [0.1, 0.15) is 24.6 Å². The maximum atomic E-state index is 13.5. The monoisotopic (exact) mass is 518 g/mol. The molecule has 4 rings (SSSR count). The number of benzene rings is 2. The number of aliphatic hydroxyl groups excluding tert-OH is 2. The molecule has 0 bridgehead atoms. The zero-order valence-corrected chi connectivity index (χ0v) is 20.5. The Morgan fingerprint density at radius 1 is 1.17 bits per heavy atom. The van der Waals surface area contributed by atoms with Gasteiger partial charge >= 0.3 is 0 Å². The fourth-order valence-corrected chi connectivity index (χ4v) is 4.28. The first kappa shape index (κ1) is 25.9. The molecule has 0 radical (unpaired) electrons. The molecule has 3 aromatic rings. The highest BCUT2D eigenvalue weighted by atomic mass is 35.5. The molecule has 2 aromatic carbocycles. The number of rotatable bonds is 10. The summed E-state index contributed by atoms with van der Waals surface area (Å²) in [6.07, 6.45) is 1.33. The number of aromatic nitrogens is 2. The number of amides is 1. The van der Waals surface area contributed by atoms with Crippen LogP contribution in [0.15, 0.2) is 36.7 Å². The van der Waals surface area contributed by atoms with Gasteiger partial charge in [-0.25, -0.2) is 14.4 Å². The summed E-state index contributed by atoms with van der Waals surface area (Å²) >= 11 is 5.88. The summed E-state index contributed by atoms with van der Waals surface area (Å²) in [5, 5.41) is 24.3. The SMILES string of the molecule is COc1cc2ncnc(Nc3ccc(F)c(Cl)c3)c2cc1OC[C@@H](O)C[C@@H](O)CC(=O)N1CCCC1. The van der Waals surface area contributed by atoms with Gasteiger partial charge in [-0.3, -0.25) is 4.79 Å². The van der Waals surface area contributed by atoms with Crippen LogP contribution in [0.5, 0.6) is 11.5 Å². The lowest BCUT2D eigenvalue weighted by molar-refractivity contribution is -0.132. The zero-order valence-electron chi connectivity index (χ0n) is 19.8. The number of anilines is 2. The minimum Gasteiger partial charge on any atom is -0.493 e. The molecule has 1 aliphatic heterocycles. The number of methoxy groups -OCH3 is 1. The number of carbonyl (C=O) groups is 1. The minimum absolute atomic E-state index is 0.00325. The molecule has 2 heterocycles. The largest absolute Gasteiger partial charge is 0.493 e. The Morgan fingerprint density at radius 2 is 1.94 bits per heavy atom. The molecular formula is C25H28ClFN4O5. The fourth-order valence-electron chi connectivity index (χ4n) is 4.10. The summed E-state index contributed by atoms with van der Waals surface area (Å²) in [7, 11) is 1.49. The second-order valence-corrected chi connectivity index (χ2v) is 9.05. The van der Waals surface area contributed by atoms with Gasteiger partial charge in [0.05, 0.1) is 36.3 Å². The summed E-state index contributed by atoms with van der Waals surface area (Å²) < 4.78 is 24.7. The average molecular weight is 519 g/mol. The Hall–Kier alpha value is -3.21. The molecule has 36 heavy (non-hydrogen) atoms. The summed E-state index contributed by atoms with van der Waals surface area (Å²) in [6.45, 7) is 1.31. The molecule has 1 aromatic heterocycles. The lowest BCUT2D eigenvalue weighted by Gasteiger charge is -2.20. The van der Waals surface area contributed by atoms with E-state index in [4.69, 9.17) is 21.1 Å². The number of nitrogens with one attached hydrogen (secondary N) is 1. The minimum atomic E-state index is -1.00. The summed E-state index contributed by atoms with van der Waals surface area (Å²) in [5.74, 6) is 0.535. The fraction of sp³-hybridized carbons (Fsp3) is 0.400. The van der Waals surface area contributed by atoms with Crippen molar-refractivity contribution in [2.45, 2.75) is 37.9 Å². The van der Waals surface area contributed by atoms with E-state index in [9.17, 15) is 19.4 Å². The second kappa shape index (κ2) is 11.7. The highest BCUT2D eigenvalue weighted by Gasteiger charge is 2.23. The molecule has 9 nitrogen and oxygen atoms in total. The first-order valence-corrected chi connectivity index (χ1v) is 12.0. The van der Waals surface area contributed by atoms with Crippen LogP contribution in [0.1, 0.15) is 25.7 Å². The second-order valence-electron chi connectivity index (χ2n) is 8.64. The first-order valence-electron chi connectivity index (χ1n) is 11.7. The van der Waals surface area contributed by atoms with Crippen LogP contribution in [0.25, 0.3) is 10.9 Å². The van der Waals surface area contributed by atoms with E-state index in [0.29, 0.717) is 47.0 Å². The van der Waals surface area contributed by atoms with Gasteiger partial charge < -0.3 is 29.9 Å². The number of fused-ring (bicyclic) bond motifs is 1. The van der Waals surface area contributed by atoms with Crippen molar-refractivity contribution in [3.63, 3.8) is 0 Å². The topological polar surface area (TPSA) is 117 Å². The molecular weight excluding hydrogens is 491 g/mol.